The van der Waals surface area contributed by atoms with Crippen molar-refractivity contribution in [2.75, 3.05) is 27.8 Å². The molecule has 1 N–H and O–H groups in total. The second kappa shape index (κ2) is 7.24. The molecular weight excluding hydrogens is 336 g/mol. The first kappa shape index (κ1) is 16.3. The Hall–Kier alpha value is -1.11. The molecule has 1 aliphatic heterocycles. The number of hydrogen-bond acceptors (Lipinski definition) is 4. The van der Waals surface area contributed by atoms with E-state index in [0.717, 1.165) is 28.8 Å². The second-order valence-electron chi connectivity index (χ2n) is 5.20. The second-order valence-corrected chi connectivity index (χ2v) is 6.12. The van der Waals surface area contributed by atoms with Gasteiger partial charge < -0.3 is 19.7 Å². The quantitative estimate of drug-likeness (QED) is 0.873. The van der Waals surface area contributed by atoms with Crippen molar-refractivity contribution in [1.82, 2.24) is 10.2 Å². The van der Waals surface area contributed by atoms with Gasteiger partial charge >= 0.3 is 0 Å². The third-order valence-corrected chi connectivity index (χ3v) is 4.24. The summed E-state index contributed by atoms with van der Waals surface area (Å²) in [5.74, 6) is 0.864. The molecule has 0 saturated carbocycles. The number of hydrogen-bond donors (Lipinski definition) is 1. The van der Waals surface area contributed by atoms with Crippen molar-refractivity contribution in [3.63, 3.8) is 0 Å². The minimum atomic E-state index is -0.168. The molecule has 5 nitrogen and oxygen atoms in total. The first-order chi connectivity index (χ1) is 10.0. The van der Waals surface area contributed by atoms with Gasteiger partial charge in [0.15, 0.2) is 0 Å². The minimum absolute atomic E-state index is 0.0802. The normalized spacial score (nSPS) is 21.3. The molecule has 0 radical (unpaired) electrons. The van der Waals surface area contributed by atoms with Gasteiger partial charge in [-0.25, -0.2) is 0 Å². The third-order valence-electron chi connectivity index (χ3n) is 3.75. The highest BCUT2D eigenvalue weighted by molar-refractivity contribution is 9.10. The Morgan fingerprint density at radius 2 is 2.24 bits per heavy atom. The summed E-state index contributed by atoms with van der Waals surface area (Å²) in [7, 11) is 5.12. The summed E-state index contributed by atoms with van der Waals surface area (Å²) < 4.78 is 11.6. The lowest BCUT2D eigenvalue weighted by atomic mass is 10.1. The number of halogens is 1. The monoisotopic (exact) mass is 356 g/mol. The van der Waals surface area contributed by atoms with Gasteiger partial charge in [0.1, 0.15) is 5.75 Å². The Morgan fingerprint density at radius 1 is 1.48 bits per heavy atom. The number of nitrogens with zero attached hydrogens (tertiary/aromatic N) is 1. The van der Waals surface area contributed by atoms with Gasteiger partial charge in [0.05, 0.1) is 19.3 Å². The van der Waals surface area contributed by atoms with Crippen LogP contribution in [0.25, 0.3) is 0 Å². The predicted octanol–water partition coefficient (Wildman–Crippen LogP) is 1.79. The van der Waals surface area contributed by atoms with Gasteiger partial charge in [-0.1, -0.05) is 15.9 Å². The molecule has 1 fully saturated rings. The van der Waals surface area contributed by atoms with Crippen LogP contribution in [0.1, 0.15) is 12.0 Å². The Balaban J connectivity index is 2.02. The van der Waals surface area contributed by atoms with Crippen LogP contribution in [0.5, 0.6) is 5.75 Å². The molecule has 0 bridgehead atoms. The first-order valence-electron chi connectivity index (χ1n) is 6.88. The topological polar surface area (TPSA) is 50.8 Å². The van der Waals surface area contributed by atoms with Gasteiger partial charge in [-0.3, -0.25) is 4.79 Å². The minimum Gasteiger partial charge on any atom is -0.496 e. The van der Waals surface area contributed by atoms with Crippen molar-refractivity contribution in [3.05, 3.63) is 28.2 Å². The summed E-state index contributed by atoms with van der Waals surface area (Å²) in [5.41, 5.74) is 0.976. The van der Waals surface area contributed by atoms with Gasteiger partial charge in [-0.2, -0.15) is 0 Å². The molecule has 1 amide bonds. The van der Waals surface area contributed by atoms with E-state index in [4.69, 9.17) is 9.47 Å². The van der Waals surface area contributed by atoms with Crippen molar-refractivity contribution >= 4 is 21.8 Å². The molecule has 1 saturated heterocycles. The Labute approximate surface area is 133 Å². The Bertz CT molecular complexity index is 510. The lowest BCUT2D eigenvalue weighted by Crippen LogP contribution is -2.41. The fourth-order valence-corrected chi connectivity index (χ4v) is 2.95. The van der Waals surface area contributed by atoms with Crippen molar-refractivity contribution < 1.29 is 14.3 Å². The zero-order valence-corrected chi connectivity index (χ0v) is 14.1. The number of benzene rings is 1. The Morgan fingerprint density at radius 3 is 2.86 bits per heavy atom. The molecule has 1 heterocycles. The van der Waals surface area contributed by atoms with Gasteiger partial charge in [0.2, 0.25) is 5.91 Å². The van der Waals surface area contributed by atoms with E-state index in [1.165, 1.54) is 0 Å². The molecule has 6 heteroatoms. The van der Waals surface area contributed by atoms with Crippen LogP contribution < -0.4 is 10.1 Å². The molecule has 116 valence electrons. The molecule has 1 aromatic carbocycles. The molecule has 1 aliphatic rings. The highest BCUT2D eigenvalue weighted by Crippen LogP contribution is 2.24. The van der Waals surface area contributed by atoms with E-state index in [9.17, 15) is 4.79 Å². The van der Waals surface area contributed by atoms with Crippen LogP contribution in [-0.2, 0) is 16.1 Å². The smallest absolute Gasteiger partial charge is 0.239 e. The van der Waals surface area contributed by atoms with Crippen LogP contribution in [0.15, 0.2) is 22.7 Å². The molecular formula is C15H21BrN2O3. The molecule has 2 atom stereocenters. The number of carbonyl (C=O) groups is 1. The molecule has 1 aromatic rings. The van der Waals surface area contributed by atoms with Gasteiger partial charge in [-0.15, -0.1) is 0 Å². The lowest BCUT2D eigenvalue weighted by molar-refractivity contribution is -0.132. The fraction of sp³-hybridized carbons (Fsp3) is 0.533. The van der Waals surface area contributed by atoms with Crippen LogP contribution in [0.4, 0.5) is 0 Å². The maximum absolute atomic E-state index is 12.5. The number of carbonyl (C=O) groups excluding carboxylic acids is 1. The molecule has 0 aliphatic carbocycles. The maximum Gasteiger partial charge on any atom is 0.239 e. The molecule has 2 rings (SSSR count). The van der Waals surface area contributed by atoms with Crippen LogP contribution in [-0.4, -0.2) is 50.8 Å². The zero-order valence-electron chi connectivity index (χ0n) is 12.6. The van der Waals surface area contributed by atoms with Crippen molar-refractivity contribution in [3.8, 4) is 5.75 Å². The van der Waals surface area contributed by atoms with Gasteiger partial charge in [-0.05, 0) is 24.6 Å². The van der Waals surface area contributed by atoms with E-state index in [-0.39, 0.29) is 18.1 Å². The number of likely N-dealkylation sites (N-methyl/N-ethyl adjacent to an activating group) is 1. The standard InChI is InChI=1S/C15H21BrN2O3/c1-18(15(19)13-7-12(20-2)8-17-13)9-10-6-11(16)4-5-14(10)21-3/h4-6,12-13,17H,7-9H2,1-3H3. The summed E-state index contributed by atoms with van der Waals surface area (Å²) in [6.07, 6.45) is 0.836. The maximum atomic E-state index is 12.5. The van der Waals surface area contributed by atoms with Crippen LogP contribution in [0, 0.1) is 0 Å². The van der Waals surface area contributed by atoms with Crippen molar-refractivity contribution in [1.29, 1.82) is 0 Å². The van der Waals surface area contributed by atoms with Gasteiger partial charge in [0, 0.05) is 37.3 Å². The van der Waals surface area contributed by atoms with Crippen molar-refractivity contribution in [2.45, 2.75) is 25.1 Å². The predicted molar refractivity (Wildman–Crippen MR) is 84.4 cm³/mol. The van der Waals surface area contributed by atoms with Crippen molar-refractivity contribution in [2.24, 2.45) is 0 Å². The third kappa shape index (κ3) is 3.96. The summed E-state index contributed by atoms with van der Waals surface area (Å²) in [6.45, 7) is 1.23. The molecule has 0 spiro atoms. The van der Waals surface area contributed by atoms with E-state index in [1.54, 1.807) is 19.1 Å². The van der Waals surface area contributed by atoms with Gasteiger partial charge in [0.25, 0.3) is 0 Å². The number of amides is 1. The van der Waals surface area contributed by atoms with E-state index in [0.29, 0.717) is 6.54 Å². The highest BCUT2D eigenvalue weighted by Gasteiger charge is 2.31. The average molecular weight is 357 g/mol. The lowest BCUT2D eigenvalue weighted by Gasteiger charge is -2.22. The first-order valence-corrected chi connectivity index (χ1v) is 7.68. The number of ether oxygens (including phenoxy) is 2. The summed E-state index contributed by atoms with van der Waals surface area (Å²) in [6, 6.07) is 5.62. The molecule has 0 aromatic heterocycles. The molecule has 21 heavy (non-hydrogen) atoms. The average Bonchev–Trinajstić information content (AvgIpc) is 2.95. The zero-order chi connectivity index (χ0) is 15.4. The van der Waals surface area contributed by atoms with E-state index >= 15 is 0 Å². The van der Waals surface area contributed by atoms with Crippen LogP contribution in [0.3, 0.4) is 0 Å². The van der Waals surface area contributed by atoms with E-state index in [2.05, 4.69) is 21.2 Å². The number of methoxy groups -OCH3 is 2. The largest absolute Gasteiger partial charge is 0.496 e. The van der Waals surface area contributed by atoms with Crippen LogP contribution in [0.2, 0.25) is 0 Å². The molecule has 2 unspecified atom stereocenters. The number of nitrogens with one attached hydrogen (secondary N) is 1. The van der Waals surface area contributed by atoms with Crippen LogP contribution >= 0.6 is 15.9 Å². The SMILES string of the molecule is COc1ccc(Br)cc1CN(C)C(=O)C1CC(OC)CN1. The number of rotatable bonds is 5. The highest BCUT2D eigenvalue weighted by atomic mass is 79.9. The van der Waals surface area contributed by atoms with E-state index < -0.39 is 0 Å². The Kier molecular flexibility index (Phi) is 5.61. The summed E-state index contributed by atoms with van der Waals surface area (Å²) in [5, 5.41) is 3.21. The van der Waals surface area contributed by atoms with E-state index in [1.807, 2.05) is 25.2 Å². The summed E-state index contributed by atoms with van der Waals surface area (Å²) >= 11 is 3.45. The fourth-order valence-electron chi connectivity index (χ4n) is 2.54. The summed E-state index contributed by atoms with van der Waals surface area (Å²) in [4.78, 5) is 14.2.